The fourth-order valence-corrected chi connectivity index (χ4v) is 3.31. The highest BCUT2D eigenvalue weighted by atomic mass is 16.5. The summed E-state index contributed by atoms with van der Waals surface area (Å²) in [6.07, 6.45) is 5.63. The Morgan fingerprint density at radius 3 is 2.36 bits per heavy atom. The predicted octanol–water partition coefficient (Wildman–Crippen LogP) is 2.24. The van der Waals surface area contributed by atoms with Crippen molar-refractivity contribution in [3.05, 3.63) is 53.6 Å². The van der Waals surface area contributed by atoms with Crippen molar-refractivity contribution in [2.75, 3.05) is 32.8 Å². The van der Waals surface area contributed by atoms with Gasteiger partial charge in [0.25, 0.3) is 5.91 Å². The highest BCUT2D eigenvalue weighted by molar-refractivity contribution is 5.92. The lowest BCUT2D eigenvalue weighted by Gasteiger charge is -2.34. The first-order chi connectivity index (χ1) is 13.6. The van der Waals surface area contributed by atoms with E-state index >= 15 is 0 Å². The molecule has 1 aromatic heterocycles. The van der Waals surface area contributed by atoms with Gasteiger partial charge in [0.15, 0.2) is 0 Å². The zero-order valence-corrected chi connectivity index (χ0v) is 16.4. The molecule has 7 nitrogen and oxygen atoms in total. The van der Waals surface area contributed by atoms with E-state index in [4.69, 9.17) is 4.74 Å². The lowest BCUT2D eigenvalue weighted by Crippen LogP contribution is -2.50. The van der Waals surface area contributed by atoms with Crippen molar-refractivity contribution in [1.82, 2.24) is 19.8 Å². The Labute approximate surface area is 165 Å². The number of carbonyl (C=O) groups excluding carboxylic acids is 2. The monoisotopic (exact) mass is 382 g/mol. The molecular weight excluding hydrogens is 356 g/mol. The molecule has 7 heteroatoms. The summed E-state index contributed by atoms with van der Waals surface area (Å²) >= 11 is 0. The highest BCUT2D eigenvalue weighted by Gasteiger charge is 2.25. The second kappa shape index (κ2) is 9.30. The largest absolute Gasteiger partial charge is 0.493 e. The van der Waals surface area contributed by atoms with Crippen molar-refractivity contribution >= 4 is 11.8 Å². The fourth-order valence-electron chi connectivity index (χ4n) is 3.31. The van der Waals surface area contributed by atoms with Gasteiger partial charge in [-0.05, 0) is 31.4 Å². The summed E-state index contributed by atoms with van der Waals surface area (Å²) in [4.78, 5) is 36.3. The van der Waals surface area contributed by atoms with Crippen molar-refractivity contribution in [3.8, 4) is 5.75 Å². The second-order valence-corrected chi connectivity index (χ2v) is 6.94. The summed E-state index contributed by atoms with van der Waals surface area (Å²) in [5.41, 5.74) is 2.55. The van der Waals surface area contributed by atoms with Crippen LogP contribution in [0, 0.1) is 13.8 Å². The molecule has 1 aliphatic rings. The Balaban J connectivity index is 1.40. The van der Waals surface area contributed by atoms with E-state index in [1.807, 2.05) is 36.9 Å². The third-order valence-electron chi connectivity index (χ3n) is 4.89. The number of ether oxygens (including phenoxy) is 1. The van der Waals surface area contributed by atoms with Gasteiger partial charge in [0, 0.05) is 45.0 Å². The number of rotatable bonds is 6. The number of aromatic nitrogens is 2. The molecule has 0 unspecified atom stereocenters. The quantitative estimate of drug-likeness (QED) is 0.716. The van der Waals surface area contributed by atoms with Gasteiger partial charge in [-0.15, -0.1) is 0 Å². The fraction of sp³-hybridized carbons (Fsp3) is 0.429. The van der Waals surface area contributed by atoms with Crippen molar-refractivity contribution in [2.24, 2.45) is 0 Å². The molecule has 28 heavy (non-hydrogen) atoms. The van der Waals surface area contributed by atoms with Crippen LogP contribution in [0.5, 0.6) is 5.75 Å². The third kappa shape index (κ3) is 4.85. The van der Waals surface area contributed by atoms with Crippen LogP contribution in [0.4, 0.5) is 0 Å². The minimum atomic E-state index is -0.137. The number of nitrogens with zero attached hydrogens (tertiary/aromatic N) is 4. The van der Waals surface area contributed by atoms with Crippen molar-refractivity contribution in [3.63, 3.8) is 0 Å². The number of hydrogen-bond donors (Lipinski definition) is 0. The summed E-state index contributed by atoms with van der Waals surface area (Å²) in [5, 5.41) is 0. The second-order valence-electron chi connectivity index (χ2n) is 6.94. The maximum atomic E-state index is 12.4. The van der Waals surface area contributed by atoms with Crippen LogP contribution >= 0.6 is 0 Å². The summed E-state index contributed by atoms with van der Waals surface area (Å²) in [6.45, 7) is 6.68. The molecule has 0 N–H and O–H groups in total. The average Bonchev–Trinajstić information content (AvgIpc) is 2.73. The number of aryl methyl sites for hydroxylation is 2. The summed E-state index contributed by atoms with van der Waals surface area (Å²) < 4.78 is 5.87. The maximum absolute atomic E-state index is 12.4. The Hall–Kier alpha value is -2.96. The van der Waals surface area contributed by atoms with Gasteiger partial charge in [0.2, 0.25) is 5.91 Å². The van der Waals surface area contributed by atoms with Gasteiger partial charge < -0.3 is 14.5 Å². The lowest BCUT2D eigenvalue weighted by molar-refractivity contribution is -0.132. The van der Waals surface area contributed by atoms with Gasteiger partial charge in [-0.1, -0.05) is 18.2 Å². The van der Waals surface area contributed by atoms with Gasteiger partial charge in [-0.2, -0.15) is 0 Å². The SMILES string of the molecule is Cc1cccc(C)c1OCCCC(=O)N1CCN(C(=O)c2cnccn2)CC1. The number of para-hydroxylation sites is 1. The molecule has 0 bridgehead atoms. The van der Waals surface area contributed by atoms with E-state index in [1.54, 1.807) is 4.90 Å². The van der Waals surface area contributed by atoms with Crippen LogP contribution in [0.25, 0.3) is 0 Å². The molecule has 0 aliphatic carbocycles. The highest BCUT2D eigenvalue weighted by Crippen LogP contribution is 2.22. The van der Waals surface area contributed by atoms with Gasteiger partial charge in [0.1, 0.15) is 11.4 Å². The van der Waals surface area contributed by atoms with Gasteiger partial charge in [-0.3, -0.25) is 14.6 Å². The molecule has 0 saturated carbocycles. The van der Waals surface area contributed by atoms with Gasteiger partial charge in [-0.25, -0.2) is 4.98 Å². The summed E-state index contributed by atoms with van der Waals surface area (Å²) in [6, 6.07) is 6.06. The molecule has 1 aromatic carbocycles. The van der Waals surface area contributed by atoms with Crippen LogP contribution in [-0.4, -0.2) is 64.4 Å². The molecule has 3 rings (SSSR count). The Bertz CT molecular complexity index is 797. The molecule has 0 spiro atoms. The van der Waals surface area contributed by atoms with Crippen molar-refractivity contribution < 1.29 is 14.3 Å². The predicted molar refractivity (Wildman–Crippen MR) is 105 cm³/mol. The van der Waals surface area contributed by atoms with E-state index in [-0.39, 0.29) is 11.8 Å². The van der Waals surface area contributed by atoms with Gasteiger partial charge >= 0.3 is 0 Å². The van der Waals surface area contributed by atoms with E-state index < -0.39 is 0 Å². The Kier molecular flexibility index (Phi) is 6.57. The van der Waals surface area contributed by atoms with E-state index in [2.05, 4.69) is 9.97 Å². The summed E-state index contributed by atoms with van der Waals surface area (Å²) in [7, 11) is 0. The first kappa shape index (κ1) is 19.8. The van der Waals surface area contributed by atoms with Crippen LogP contribution in [0.15, 0.2) is 36.8 Å². The van der Waals surface area contributed by atoms with Crippen LogP contribution in [-0.2, 0) is 4.79 Å². The van der Waals surface area contributed by atoms with E-state index in [0.29, 0.717) is 51.3 Å². The molecule has 2 amide bonds. The lowest BCUT2D eigenvalue weighted by atomic mass is 10.1. The molecule has 1 aliphatic heterocycles. The number of amides is 2. The standard InChI is InChI=1S/C21H26N4O3/c1-16-5-3-6-17(2)20(16)28-14-4-7-19(26)24-10-12-25(13-11-24)21(27)18-15-22-8-9-23-18/h3,5-6,8-9,15H,4,7,10-14H2,1-2H3. The molecule has 1 saturated heterocycles. The Morgan fingerprint density at radius 1 is 1.04 bits per heavy atom. The van der Waals surface area contributed by atoms with Crippen LogP contribution < -0.4 is 4.74 Å². The number of piperazine rings is 1. The topological polar surface area (TPSA) is 75.6 Å². The maximum Gasteiger partial charge on any atom is 0.274 e. The number of benzene rings is 1. The van der Waals surface area contributed by atoms with Crippen molar-refractivity contribution in [2.45, 2.75) is 26.7 Å². The molecule has 1 fully saturated rings. The van der Waals surface area contributed by atoms with E-state index in [1.165, 1.54) is 18.6 Å². The zero-order valence-electron chi connectivity index (χ0n) is 16.4. The first-order valence-corrected chi connectivity index (χ1v) is 9.58. The molecule has 148 valence electrons. The molecular formula is C21H26N4O3. The van der Waals surface area contributed by atoms with Crippen LogP contribution in [0.1, 0.15) is 34.5 Å². The summed E-state index contributed by atoms with van der Waals surface area (Å²) in [5.74, 6) is 0.880. The zero-order chi connectivity index (χ0) is 19.9. The van der Waals surface area contributed by atoms with Gasteiger partial charge in [0.05, 0.1) is 12.8 Å². The smallest absolute Gasteiger partial charge is 0.274 e. The average molecular weight is 382 g/mol. The number of hydrogen-bond acceptors (Lipinski definition) is 5. The third-order valence-corrected chi connectivity index (χ3v) is 4.89. The number of carbonyl (C=O) groups is 2. The van der Waals surface area contributed by atoms with E-state index in [9.17, 15) is 9.59 Å². The molecule has 2 heterocycles. The van der Waals surface area contributed by atoms with Crippen molar-refractivity contribution in [1.29, 1.82) is 0 Å². The van der Waals surface area contributed by atoms with Crippen LogP contribution in [0.2, 0.25) is 0 Å². The Morgan fingerprint density at radius 2 is 1.71 bits per heavy atom. The van der Waals surface area contributed by atoms with E-state index in [0.717, 1.165) is 16.9 Å². The molecule has 2 aromatic rings. The molecule has 0 radical (unpaired) electrons. The first-order valence-electron chi connectivity index (χ1n) is 9.58. The minimum Gasteiger partial charge on any atom is -0.493 e. The minimum absolute atomic E-state index is 0.108. The van der Waals surface area contributed by atoms with Crippen LogP contribution in [0.3, 0.4) is 0 Å². The molecule has 0 atom stereocenters. The normalized spacial score (nSPS) is 14.1.